The number of nitrogens with zero attached hydrogens (tertiary/aromatic N) is 3. The van der Waals surface area contributed by atoms with Gasteiger partial charge in [0.15, 0.2) is 11.6 Å². The van der Waals surface area contributed by atoms with Crippen LogP contribution in [0.1, 0.15) is 33.4 Å². The highest BCUT2D eigenvalue weighted by Crippen LogP contribution is 2.30. The molecule has 0 amide bonds. The lowest BCUT2D eigenvalue weighted by atomic mass is 9.96. The first-order chi connectivity index (χ1) is 15.0. The number of rotatable bonds is 6. The fraction of sp³-hybridized carbons (Fsp3) is 0.250. The Morgan fingerprint density at radius 2 is 1.65 bits per heavy atom. The second-order valence-electron chi connectivity index (χ2n) is 7.62. The molecule has 0 aliphatic carbocycles. The molecule has 160 valence electrons. The maximum atomic E-state index is 14.0. The van der Waals surface area contributed by atoms with Gasteiger partial charge in [0.05, 0.1) is 11.7 Å². The smallest absolute Gasteiger partial charge is 0.354 e. The second-order valence-corrected chi connectivity index (χ2v) is 7.62. The van der Waals surface area contributed by atoms with E-state index in [1.54, 1.807) is 12.1 Å². The second kappa shape index (κ2) is 9.32. The molecule has 2 aromatic carbocycles. The van der Waals surface area contributed by atoms with E-state index in [0.717, 1.165) is 37.3 Å². The Morgan fingerprint density at radius 3 is 2.32 bits per heavy atom. The monoisotopic (exact) mass is 423 g/mol. The topological polar surface area (TPSA) is 56.7 Å². The molecule has 0 radical (unpaired) electrons. The summed E-state index contributed by atoms with van der Waals surface area (Å²) >= 11 is 0. The number of aromatic carboxylic acids is 1. The molecule has 4 rings (SSSR count). The number of pyridine rings is 1. The van der Waals surface area contributed by atoms with E-state index in [1.807, 2.05) is 36.4 Å². The van der Waals surface area contributed by atoms with Crippen molar-refractivity contribution < 1.29 is 18.7 Å². The van der Waals surface area contributed by atoms with Gasteiger partial charge in [-0.1, -0.05) is 42.5 Å². The molecule has 1 fully saturated rings. The number of carboxylic acids is 1. The van der Waals surface area contributed by atoms with Crippen LogP contribution in [0.25, 0.3) is 0 Å². The van der Waals surface area contributed by atoms with Gasteiger partial charge in [-0.2, -0.15) is 0 Å². The van der Waals surface area contributed by atoms with Crippen molar-refractivity contribution in [2.45, 2.75) is 12.6 Å². The van der Waals surface area contributed by atoms with E-state index < -0.39 is 17.6 Å². The third-order valence-electron chi connectivity index (χ3n) is 5.56. The third-order valence-corrected chi connectivity index (χ3v) is 5.56. The number of carboxylic acid groups (broad SMARTS) is 1. The first-order valence-electron chi connectivity index (χ1n) is 10.2. The van der Waals surface area contributed by atoms with Crippen LogP contribution in [0.3, 0.4) is 0 Å². The third kappa shape index (κ3) is 4.95. The van der Waals surface area contributed by atoms with Gasteiger partial charge in [0, 0.05) is 32.7 Å². The molecule has 7 heteroatoms. The van der Waals surface area contributed by atoms with E-state index in [9.17, 15) is 13.6 Å². The van der Waals surface area contributed by atoms with Gasteiger partial charge in [0.1, 0.15) is 5.69 Å². The molecule has 0 spiro atoms. The van der Waals surface area contributed by atoms with Crippen molar-refractivity contribution in [1.29, 1.82) is 0 Å². The quantitative estimate of drug-likeness (QED) is 0.650. The molecule has 1 aliphatic heterocycles. The van der Waals surface area contributed by atoms with E-state index in [2.05, 4.69) is 14.8 Å². The summed E-state index contributed by atoms with van der Waals surface area (Å²) in [6.07, 6.45) is 0. The van der Waals surface area contributed by atoms with Crippen LogP contribution in [0.5, 0.6) is 0 Å². The molecule has 1 aliphatic rings. The number of halogens is 2. The minimum atomic E-state index is -1.04. The van der Waals surface area contributed by atoms with E-state index in [4.69, 9.17) is 5.11 Å². The van der Waals surface area contributed by atoms with E-state index in [-0.39, 0.29) is 11.7 Å². The molecule has 1 aromatic heterocycles. The summed E-state index contributed by atoms with van der Waals surface area (Å²) in [4.78, 5) is 19.8. The van der Waals surface area contributed by atoms with Gasteiger partial charge < -0.3 is 5.11 Å². The van der Waals surface area contributed by atoms with Crippen LogP contribution in [-0.2, 0) is 6.54 Å². The zero-order valence-electron chi connectivity index (χ0n) is 16.9. The van der Waals surface area contributed by atoms with Crippen LogP contribution >= 0.6 is 0 Å². The van der Waals surface area contributed by atoms with Gasteiger partial charge in [0.2, 0.25) is 0 Å². The molecule has 1 unspecified atom stereocenters. The lowest BCUT2D eigenvalue weighted by molar-refractivity contribution is 0.0689. The van der Waals surface area contributed by atoms with Crippen molar-refractivity contribution in [1.82, 2.24) is 14.8 Å². The van der Waals surface area contributed by atoms with E-state index >= 15 is 0 Å². The summed E-state index contributed by atoms with van der Waals surface area (Å²) in [5, 5.41) is 9.13. The van der Waals surface area contributed by atoms with Crippen LogP contribution < -0.4 is 0 Å². The fourth-order valence-corrected chi connectivity index (χ4v) is 4.03. The highest BCUT2D eigenvalue weighted by Gasteiger charge is 2.27. The molecule has 2 heterocycles. The number of benzene rings is 2. The van der Waals surface area contributed by atoms with Crippen LogP contribution in [0.2, 0.25) is 0 Å². The fourth-order valence-electron chi connectivity index (χ4n) is 4.03. The van der Waals surface area contributed by atoms with Crippen molar-refractivity contribution in [3.8, 4) is 0 Å². The molecule has 0 bridgehead atoms. The van der Waals surface area contributed by atoms with Gasteiger partial charge in [-0.05, 0) is 35.4 Å². The highest BCUT2D eigenvalue weighted by atomic mass is 19.2. The maximum absolute atomic E-state index is 14.0. The van der Waals surface area contributed by atoms with Gasteiger partial charge in [-0.15, -0.1) is 0 Å². The van der Waals surface area contributed by atoms with Gasteiger partial charge in [-0.3, -0.25) is 9.80 Å². The highest BCUT2D eigenvalue weighted by molar-refractivity contribution is 5.85. The van der Waals surface area contributed by atoms with Crippen molar-refractivity contribution in [2.24, 2.45) is 0 Å². The minimum absolute atomic E-state index is 0.0404. The molecule has 1 saturated heterocycles. The SMILES string of the molecule is O=C(O)c1cccc(CN2CCN(C(c3ccccc3)c3ccc(F)c(F)c3)CC2)n1. The summed E-state index contributed by atoms with van der Waals surface area (Å²) in [6.45, 7) is 3.54. The summed E-state index contributed by atoms with van der Waals surface area (Å²) in [7, 11) is 0. The lowest BCUT2D eigenvalue weighted by Gasteiger charge is -2.39. The Bertz CT molecular complexity index is 1050. The average Bonchev–Trinajstić information content (AvgIpc) is 2.78. The number of carbonyl (C=O) groups is 1. The van der Waals surface area contributed by atoms with Crippen molar-refractivity contribution in [2.75, 3.05) is 26.2 Å². The Morgan fingerprint density at radius 1 is 0.903 bits per heavy atom. The first kappa shape index (κ1) is 21.1. The van der Waals surface area contributed by atoms with Crippen LogP contribution in [0.15, 0.2) is 66.7 Å². The largest absolute Gasteiger partial charge is 0.477 e. The van der Waals surface area contributed by atoms with Gasteiger partial charge in [-0.25, -0.2) is 18.6 Å². The molecule has 0 saturated carbocycles. The number of aromatic nitrogens is 1. The first-order valence-corrected chi connectivity index (χ1v) is 10.2. The van der Waals surface area contributed by atoms with Crippen molar-refractivity contribution >= 4 is 5.97 Å². The molecular formula is C24H23F2N3O2. The lowest BCUT2D eigenvalue weighted by Crippen LogP contribution is -2.47. The molecule has 5 nitrogen and oxygen atoms in total. The normalized spacial score (nSPS) is 16.2. The van der Waals surface area contributed by atoms with Crippen LogP contribution in [-0.4, -0.2) is 52.0 Å². The predicted molar refractivity (Wildman–Crippen MR) is 113 cm³/mol. The summed E-state index contributed by atoms with van der Waals surface area (Å²) in [5.74, 6) is -2.73. The Hall–Kier alpha value is -3.16. The Labute approximate surface area is 179 Å². The predicted octanol–water partition coefficient (Wildman–Crippen LogP) is 3.97. The van der Waals surface area contributed by atoms with Crippen LogP contribution in [0, 0.1) is 11.6 Å². The summed E-state index contributed by atoms with van der Waals surface area (Å²) in [6, 6.07) is 18.8. The standard InChI is InChI=1S/C24H23F2N3O2/c25-20-10-9-18(15-21(20)26)23(17-5-2-1-3-6-17)29-13-11-28(12-14-29)16-19-7-4-8-22(27-19)24(30)31/h1-10,15,23H,11-14,16H2,(H,30,31). The van der Waals surface area contributed by atoms with Gasteiger partial charge in [0.25, 0.3) is 0 Å². The number of hydrogen-bond acceptors (Lipinski definition) is 4. The molecule has 31 heavy (non-hydrogen) atoms. The van der Waals surface area contributed by atoms with E-state index in [0.29, 0.717) is 12.2 Å². The zero-order valence-corrected chi connectivity index (χ0v) is 16.9. The van der Waals surface area contributed by atoms with Gasteiger partial charge >= 0.3 is 5.97 Å². The van der Waals surface area contributed by atoms with Crippen molar-refractivity contribution in [3.63, 3.8) is 0 Å². The average molecular weight is 423 g/mol. The Kier molecular flexibility index (Phi) is 6.34. The van der Waals surface area contributed by atoms with Crippen LogP contribution in [0.4, 0.5) is 8.78 Å². The zero-order chi connectivity index (χ0) is 21.8. The molecule has 1 atom stereocenters. The number of piperazine rings is 1. The molecular weight excluding hydrogens is 400 g/mol. The summed E-state index contributed by atoms with van der Waals surface area (Å²) in [5.41, 5.74) is 2.50. The van der Waals surface area contributed by atoms with E-state index in [1.165, 1.54) is 18.2 Å². The molecule has 1 N–H and O–H groups in total. The Balaban J connectivity index is 1.49. The molecule has 3 aromatic rings. The number of hydrogen-bond donors (Lipinski definition) is 1. The van der Waals surface area contributed by atoms with Crippen molar-refractivity contribution in [3.05, 3.63) is 101 Å². The minimum Gasteiger partial charge on any atom is -0.477 e. The maximum Gasteiger partial charge on any atom is 0.354 e. The summed E-state index contributed by atoms with van der Waals surface area (Å²) < 4.78 is 27.5.